The van der Waals surface area contributed by atoms with Gasteiger partial charge < -0.3 is 5.11 Å². The van der Waals surface area contributed by atoms with Crippen LogP contribution in [-0.2, 0) is 6.42 Å². The number of nitriles is 1. The number of nitrogens with zero attached hydrogens (tertiary/aromatic N) is 1. The number of carboxylic acids is 1. The van der Waals surface area contributed by atoms with Gasteiger partial charge in [-0.05, 0) is 6.07 Å². The summed E-state index contributed by atoms with van der Waals surface area (Å²) < 4.78 is 11.0. The van der Waals surface area contributed by atoms with Crippen molar-refractivity contribution in [3.05, 3.63) is 106 Å². The van der Waals surface area contributed by atoms with Crippen LogP contribution in [0.5, 0.6) is 0 Å². The van der Waals surface area contributed by atoms with Crippen molar-refractivity contribution in [2.24, 2.45) is 5.41 Å². The first-order valence-electron chi connectivity index (χ1n) is 13.3. The molecule has 1 atom stereocenters. The van der Waals surface area contributed by atoms with Gasteiger partial charge in [-0.3, -0.25) is 0 Å². The van der Waals surface area contributed by atoms with Crippen LogP contribution >= 0.6 is 0 Å². The molecule has 1 aromatic heterocycles. The van der Waals surface area contributed by atoms with E-state index in [2.05, 4.69) is 27.2 Å². The van der Waals surface area contributed by atoms with E-state index < -0.39 is 27.2 Å². The Morgan fingerprint density at radius 3 is 2.67 bits per heavy atom. The quantitative estimate of drug-likeness (QED) is 0.372. The predicted octanol–water partition coefficient (Wildman–Crippen LogP) is 4.42. The number of aromatic carboxylic acids is 1. The summed E-state index contributed by atoms with van der Waals surface area (Å²) in [7, 11) is 0. The third-order valence-corrected chi connectivity index (χ3v) is 9.90. The van der Waals surface area contributed by atoms with Crippen molar-refractivity contribution < 1.29 is 35.5 Å². The average Bonchev–Trinajstić information content (AvgIpc) is 3.75. The molecule has 0 spiro atoms. The van der Waals surface area contributed by atoms with Crippen molar-refractivity contribution in [3.8, 4) is 6.07 Å². The molecule has 3 aromatic rings. The van der Waals surface area contributed by atoms with E-state index in [4.69, 9.17) is 4.42 Å². The maximum absolute atomic E-state index is 13.6. The monoisotopic (exact) mass is 632 g/mol. The summed E-state index contributed by atoms with van der Waals surface area (Å²) in [5.74, 6) is -0.181. The molecular weight excluding hydrogens is 601 g/mol. The summed E-state index contributed by atoms with van der Waals surface area (Å²) in [4.78, 5) is 25.2. The van der Waals surface area contributed by atoms with E-state index in [1.165, 1.54) is 0 Å². The molecule has 1 aliphatic heterocycles. The molecule has 2 aromatic carbocycles. The van der Waals surface area contributed by atoms with E-state index in [0.29, 0.717) is 34.3 Å². The molecule has 1 saturated carbocycles. The van der Waals surface area contributed by atoms with Crippen LogP contribution in [0.4, 0.5) is 0 Å². The Morgan fingerprint density at radius 2 is 1.95 bits per heavy atom. The molecule has 1 fully saturated rings. The Morgan fingerprint density at radius 1 is 1.18 bits per heavy atom. The first-order valence-corrected chi connectivity index (χ1v) is 15.7. The fourth-order valence-corrected chi connectivity index (χ4v) is 7.56. The fraction of sp³-hybridized carbons (Fsp3) is 0.303. The van der Waals surface area contributed by atoms with Crippen molar-refractivity contribution in [1.29, 1.82) is 5.26 Å². The van der Waals surface area contributed by atoms with Gasteiger partial charge in [0.25, 0.3) is 0 Å². The van der Waals surface area contributed by atoms with E-state index in [-0.39, 0.29) is 16.8 Å². The zero-order valence-corrected chi connectivity index (χ0v) is 24.5. The number of aryl methyl sites for hydroxylation is 2. The van der Waals surface area contributed by atoms with Crippen LogP contribution in [0, 0.1) is 30.6 Å². The third-order valence-electron chi connectivity index (χ3n) is 7.84. The molecule has 6 heteroatoms. The summed E-state index contributed by atoms with van der Waals surface area (Å²) in [5, 5.41) is 19.7. The molecule has 0 saturated heterocycles. The van der Waals surface area contributed by atoms with Crippen LogP contribution in [0.25, 0.3) is 16.5 Å². The van der Waals surface area contributed by atoms with E-state index in [9.17, 15) is 20.0 Å². The average molecular weight is 633 g/mol. The fourth-order valence-electron chi connectivity index (χ4n) is 5.31. The Balaban J connectivity index is 1.45. The van der Waals surface area contributed by atoms with Gasteiger partial charge in [-0.2, -0.15) is 0 Å². The molecule has 39 heavy (non-hydrogen) atoms. The van der Waals surface area contributed by atoms with E-state index in [1.807, 2.05) is 44.2 Å². The Labute approximate surface area is 238 Å². The second-order valence-electron chi connectivity index (χ2n) is 10.7. The van der Waals surface area contributed by atoms with Gasteiger partial charge in [-0.25, -0.2) is 4.79 Å². The molecule has 2 aliphatic rings. The van der Waals surface area contributed by atoms with Gasteiger partial charge in [0.15, 0.2) is 0 Å². The molecule has 5 rings (SSSR count). The summed E-state index contributed by atoms with van der Waals surface area (Å²) >= 11 is -0.424. The summed E-state index contributed by atoms with van der Waals surface area (Å²) in [6.45, 7) is 5.97. The van der Waals surface area contributed by atoms with Crippen LogP contribution < -0.4 is 26.6 Å². The standard InChI is InChI=1S/C33H31INO4/c1-20-15-27(21(2)7-6-9-23-8-4-5-10-26(23)32(37)38)31-28(16-20)29(36)22(3)30(39-31)24-11-12-25(18-34-17-24)33(19-35)13-14-33/h4-5,8,10-12,15-18,21H,6-7,9,13-14H2,1-3H3,(H,37,38)/q-1. The number of allylic oxidation sites excluding steroid dienone is 4. The normalized spacial score (nSPS) is 16.9. The minimum absolute atomic E-state index is 0.0144. The summed E-state index contributed by atoms with van der Waals surface area (Å²) in [6, 6.07) is 13.6. The molecule has 1 aliphatic carbocycles. The SMILES string of the molecule is Cc1cc(C(C)CCCc2ccccc2C(=O)O)c2oc(C3=C[I-]C=C(C4(C#N)CC4)C=C3)c(C)c(=O)c2c1. The van der Waals surface area contributed by atoms with Crippen molar-refractivity contribution in [2.75, 3.05) is 0 Å². The van der Waals surface area contributed by atoms with Gasteiger partial charge in [0.05, 0.1) is 0 Å². The van der Waals surface area contributed by atoms with Gasteiger partial charge >= 0.3 is 212 Å². The van der Waals surface area contributed by atoms with E-state index in [1.54, 1.807) is 12.1 Å². The Bertz CT molecular complexity index is 1660. The molecule has 0 amide bonds. The van der Waals surface area contributed by atoms with Crippen LogP contribution in [0.15, 0.2) is 71.5 Å². The number of rotatable bonds is 8. The maximum atomic E-state index is 13.6. The van der Waals surface area contributed by atoms with Crippen molar-refractivity contribution in [3.63, 3.8) is 0 Å². The number of carbonyl (C=O) groups is 1. The van der Waals surface area contributed by atoms with Crippen LogP contribution in [-0.4, -0.2) is 11.1 Å². The van der Waals surface area contributed by atoms with Gasteiger partial charge in [0, 0.05) is 0 Å². The summed E-state index contributed by atoms with van der Waals surface area (Å²) in [5.41, 5.74) is 6.09. The third kappa shape index (κ3) is 5.38. The predicted molar refractivity (Wildman–Crippen MR) is 149 cm³/mol. The number of halogens is 1. The van der Waals surface area contributed by atoms with Crippen LogP contribution in [0.1, 0.15) is 76.9 Å². The number of carboxylic acid groups (broad SMARTS) is 1. The zero-order valence-electron chi connectivity index (χ0n) is 22.4. The van der Waals surface area contributed by atoms with Gasteiger partial charge in [0.2, 0.25) is 0 Å². The molecule has 1 N–H and O–H groups in total. The zero-order chi connectivity index (χ0) is 27.7. The number of benzene rings is 2. The second kappa shape index (κ2) is 11.0. The molecule has 1 unspecified atom stereocenters. The van der Waals surface area contributed by atoms with Crippen molar-refractivity contribution in [1.82, 2.24) is 0 Å². The minimum atomic E-state index is -0.903. The Hall–Kier alpha value is -3.44. The number of hydrogen-bond acceptors (Lipinski definition) is 4. The molecular formula is C33H31INO4-. The van der Waals surface area contributed by atoms with E-state index >= 15 is 0 Å². The first kappa shape index (κ1) is 27.1. The first-order chi connectivity index (χ1) is 18.7. The Kier molecular flexibility index (Phi) is 7.64. The van der Waals surface area contributed by atoms with Crippen LogP contribution in [0.3, 0.4) is 0 Å². The number of fused-ring (bicyclic) bond motifs is 1. The van der Waals surface area contributed by atoms with Crippen molar-refractivity contribution in [2.45, 2.75) is 58.8 Å². The van der Waals surface area contributed by atoms with Gasteiger partial charge in [-0.1, -0.05) is 12.1 Å². The number of hydrogen-bond donors (Lipinski definition) is 1. The van der Waals surface area contributed by atoms with Crippen LogP contribution in [0.2, 0.25) is 0 Å². The molecule has 0 radical (unpaired) electrons. The molecule has 0 bridgehead atoms. The van der Waals surface area contributed by atoms with E-state index in [0.717, 1.165) is 53.5 Å². The topological polar surface area (TPSA) is 91.3 Å². The molecule has 200 valence electrons. The second-order valence-corrected chi connectivity index (χ2v) is 12.6. The molecule has 5 nitrogen and oxygen atoms in total. The van der Waals surface area contributed by atoms with Gasteiger partial charge in [0.1, 0.15) is 0 Å². The van der Waals surface area contributed by atoms with Crippen molar-refractivity contribution >= 4 is 22.5 Å². The van der Waals surface area contributed by atoms with Gasteiger partial charge in [-0.15, -0.1) is 0 Å². The molecule has 2 heterocycles. The summed E-state index contributed by atoms with van der Waals surface area (Å²) in [6.07, 6.45) is 8.17.